The average molecular weight is 348 g/mol. The average Bonchev–Trinajstić information content (AvgIpc) is 3.08. The fraction of sp³-hybridized carbons (Fsp3) is 0.250. The Kier molecular flexibility index (Phi) is 3.94. The monoisotopic (exact) mass is 348 g/mol. The van der Waals surface area contributed by atoms with Crippen molar-refractivity contribution in [3.8, 4) is 6.07 Å². The van der Waals surface area contributed by atoms with Gasteiger partial charge in [-0.3, -0.25) is 0 Å². The Morgan fingerprint density at radius 1 is 0.962 bits per heavy atom. The molecule has 2 atom stereocenters. The molecule has 130 valence electrons. The van der Waals surface area contributed by atoms with Crippen LogP contribution in [0, 0.1) is 17.2 Å². The van der Waals surface area contributed by atoms with E-state index in [-0.39, 0.29) is 5.92 Å². The van der Waals surface area contributed by atoms with Crippen molar-refractivity contribution in [2.75, 3.05) is 6.54 Å². The SMILES string of the molecule is N#CC(c1ccccc1)(c1ccccc1)[C@@H]1CCN2OC(=O)C(=O)OC12. The van der Waals surface area contributed by atoms with Crippen molar-refractivity contribution in [2.45, 2.75) is 18.1 Å². The van der Waals surface area contributed by atoms with E-state index in [1.165, 1.54) is 5.06 Å². The number of ether oxygens (including phenoxy) is 1. The molecular weight excluding hydrogens is 332 g/mol. The highest BCUT2D eigenvalue weighted by molar-refractivity contribution is 6.30. The van der Waals surface area contributed by atoms with E-state index in [2.05, 4.69) is 6.07 Å². The van der Waals surface area contributed by atoms with Crippen molar-refractivity contribution in [1.82, 2.24) is 5.06 Å². The molecule has 0 amide bonds. The van der Waals surface area contributed by atoms with Crippen molar-refractivity contribution in [1.29, 1.82) is 5.26 Å². The maximum absolute atomic E-state index is 11.8. The normalized spacial score (nSPS) is 22.9. The molecule has 6 nitrogen and oxygen atoms in total. The minimum absolute atomic E-state index is 0.380. The summed E-state index contributed by atoms with van der Waals surface area (Å²) in [6, 6.07) is 21.4. The standard InChI is InChI=1S/C20H16N2O4/c21-13-20(14-7-3-1-4-8-14,15-9-5-2-6-10-15)16-11-12-22-17(16)25-18(23)19(24)26-22/h1-10,16-17H,11-12H2/t16-,17?/m1/s1. The minimum atomic E-state index is -1.04. The van der Waals surface area contributed by atoms with Crippen LogP contribution in [-0.4, -0.2) is 29.8 Å². The molecule has 0 N–H and O–H groups in total. The minimum Gasteiger partial charge on any atom is -0.434 e. The Bertz CT molecular complexity index is 836. The van der Waals surface area contributed by atoms with Crippen molar-refractivity contribution in [3.63, 3.8) is 0 Å². The number of carbonyl (C=O) groups is 2. The van der Waals surface area contributed by atoms with E-state index in [0.717, 1.165) is 11.1 Å². The van der Waals surface area contributed by atoms with E-state index in [1.807, 2.05) is 60.7 Å². The van der Waals surface area contributed by atoms with Gasteiger partial charge in [0.1, 0.15) is 5.41 Å². The molecule has 6 heteroatoms. The molecular formula is C20H16N2O4. The van der Waals surface area contributed by atoms with Crippen LogP contribution in [0.3, 0.4) is 0 Å². The van der Waals surface area contributed by atoms with Crippen molar-refractivity contribution in [3.05, 3.63) is 71.8 Å². The Morgan fingerprint density at radius 2 is 1.54 bits per heavy atom. The summed E-state index contributed by atoms with van der Waals surface area (Å²) in [5.74, 6) is -2.43. The number of benzene rings is 2. The number of nitriles is 1. The van der Waals surface area contributed by atoms with E-state index in [9.17, 15) is 14.9 Å². The fourth-order valence-electron chi connectivity index (χ4n) is 3.92. The van der Waals surface area contributed by atoms with Crippen LogP contribution in [0.25, 0.3) is 0 Å². The largest absolute Gasteiger partial charge is 0.436 e. The third-order valence-electron chi connectivity index (χ3n) is 5.07. The van der Waals surface area contributed by atoms with Crippen LogP contribution < -0.4 is 0 Å². The molecule has 0 radical (unpaired) electrons. The molecule has 2 fully saturated rings. The number of fused-ring (bicyclic) bond motifs is 1. The molecule has 2 aliphatic rings. The van der Waals surface area contributed by atoms with Crippen molar-refractivity contribution in [2.24, 2.45) is 5.92 Å². The molecule has 0 bridgehead atoms. The molecule has 0 spiro atoms. The summed E-state index contributed by atoms with van der Waals surface area (Å²) in [5, 5.41) is 11.7. The second-order valence-electron chi connectivity index (χ2n) is 6.36. The van der Waals surface area contributed by atoms with Gasteiger partial charge in [-0.05, 0) is 17.5 Å². The number of rotatable bonds is 3. The Labute approximate surface area is 150 Å². The quantitative estimate of drug-likeness (QED) is 0.625. The van der Waals surface area contributed by atoms with Gasteiger partial charge in [0, 0.05) is 12.5 Å². The number of carbonyl (C=O) groups excluding carboxylic acids is 2. The van der Waals surface area contributed by atoms with Crippen LogP contribution >= 0.6 is 0 Å². The maximum Gasteiger partial charge on any atom is 0.436 e. The van der Waals surface area contributed by atoms with Gasteiger partial charge in [0.15, 0.2) is 6.23 Å². The molecule has 26 heavy (non-hydrogen) atoms. The molecule has 2 saturated heterocycles. The van der Waals surface area contributed by atoms with E-state index >= 15 is 0 Å². The van der Waals surface area contributed by atoms with E-state index in [0.29, 0.717) is 13.0 Å². The maximum atomic E-state index is 11.8. The first-order valence-electron chi connectivity index (χ1n) is 8.38. The van der Waals surface area contributed by atoms with Gasteiger partial charge in [-0.1, -0.05) is 65.7 Å². The Hall–Kier alpha value is -3.17. The number of hydrogen-bond donors (Lipinski definition) is 0. The second-order valence-corrected chi connectivity index (χ2v) is 6.36. The van der Waals surface area contributed by atoms with Gasteiger partial charge < -0.3 is 9.57 Å². The molecule has 1 unspecified atom stereocenters. The summed E-state index contributed by atoms with van der Waals surface area (Å²) in [5.41, 5.74) is 0.591. The Morgan fingerprint density at radius 3 is 2.08 bits per heavy atom. The third-order valence-corrected chi connectivity index (χ3v) is 5.07. The highest BCUT2D eigenvalue weighted by Crippen LogP contribution is 2.47. The fourth-order valence-corrected chi connectivity index (χ4v) is 3.92. The van der Waals surface area contributed by atoms with Crippen LogP contribution in [0.2, 0.25) is 0 Å². The highest BCUT2D eigenvalue weighted by atomic mass is 16.8. The highest BCUT2D eigenvalue weighted by Gasteiger charge is 2.56. The zero-order valence-electron chi connectivity index (χ0n) is 13.9. The predicted octanol–water partition coefficient (Wildman–Crippen LogP) is 2.16. The number of esters is 1. The zero-order valence-corrected chi connectivity index (χ0v) is 13.9. The molecule has 2 aliphatic heterocycles. The van der Waals surface area contributed by atoms with Gasteiger partial charge in [0.05, 0.1) is 6.07 Å². The smallest absolute Gasteiger partial charge is 0.434 e. The summed E-state index contributed by atoms with van der Waals surface area (Å²) in [6.07, 6.45) is -0.247. The lowest BCUT2D eigenvalue weighted by Crippen LogP contribution is -2.51. The van der Waals surface area contributed by atoms with Crippen molar-refractivity contribution >= 4 is 11.9 Å². The van der Waals surface area contributed by atoms with Gasteiger partial charge in [0.25, 0.3) is 0 Å². The van der Waals surface area contributed by atoms with Gasteiger partial charge in [0.2, 0.25) is 0 Å². The second kappa shape index (κ2) is 6.28. The first-order chi connectivity index (χ1) is 12.7. The first kappa shape index (κ1) is 16.3. The van der Waals surface area contributed by atoms with Gasteiger partial charge in [-0.2, -0.15) is 5.26 Å². The summed E-state index contributed by atoms with van der Waals surface area (Å²) in [4.78, 5) is 28.3. The van der Waals surface area contributed by atoms with Crippen LogP contribution in [-0.2, 0) is 24.6 Å². The van der Waals surface area contributed by atoms with Crippen LogP contribution in [0.5, 0.6) is 0 Å². The third kappa shape index (κ3) is 2.37. The summed E-state index contributed by atoms with van der Waals surface area (Å²) in [6.45, 7) is 0.400. The van der Waals surface area contributed by atoms with E-state index < -0.39 is 23.6 Å². The van der Waals surface area contributed by atoms with Gasteiger partial charge in [-0.15, -0.1) is 0 Å². The molecule has 2 aromatic rings. The van der Waals surface area contributed by atoms with Gasteiger partial charge in [-0.25, -0.2) is 9.59 Å². The lowest BCUT2D eigenvalue weighted by molar-refractivity contribution is -0.260. The predicted molar refractivity (Wildman–Crippen MR) is 90.1 cm³/mol. The summed E-state index contributed by atoms with van der Waals surface area (Å²) in [7, 11) is 0. The lowest BCUT2D eigenvalue weighted by Gasteiger charge is -2.38. The van der Waals surface area contributed by atoms with E-state index in [1.54, 1.807) is 0 Å². The van der Waals surface area contributed by atoms with Crippen molar-refractivity contribution < 1.29 is 19.2 Å². The lowest BCUT2D eigenvalue weighted by atomic mass is 9.65. The molecule has 2 aromatic carbocycles. The summed E-state index contributed by atoms with van der Waals surface area (Å²) < 4.78 is 5.35. The number of hydroxylamine groups is 2. The van der Waals surface area contributed by atoms with E-state index in [4.69, 9.17) is 9.57 Å². The van der Waals surface area contributed by atoms with Crippen LogP contribution in [0.1, 0.15) is 17.5 Å². The topological polar surface area (TPSA) is 79.6 Å². The molecule has 0 aromatic heterocycles. The van der Waals surface area contributed by atoms with Crippen LogP contribution in [0.15, 0.2) is 60.7 Å². The van der Waals surface area contributed by atoms with Gasteiger partial charge >= 0.3 is 11.9 Å². The molecule has 4 rings (SSSR count). The Balaban J connectivity index is 1.86. The van der Waals surface area contributed by atoms with Crippen LogP contribution in [0.4, 0.5) is 0 Å². The number of hydrogen-bond acceptors (Lipinski definition) is 6. The molecule has 0 saturated carbocycles. The summed E-state index contributed by atoms with van der Waals surface area (Å²) >= 11 is 0. The first-order valence-corrected chi connectivity index (χ1v) is 8.38. The molecule has 0 aliphatic carbocycles. The molecule has 2 heterocycles. The zero-order chi connectivity index (χ0) is 18.1. The number of nitrogens with zero attached hydrogens (tertiary/aromatic N) is 2.